The average Bonchev–Trinajstić information content (AvgIpc) is 2.80. The van der Waals surface area contributed by atoms with Crippen LogP contribution in [-0.2, 0) is 14.4 Å². The molecule has 0 spiro atoms. The van der Waals surface area contributed by atoms with E-state index in [4.69, 9.17) is 5.73 Å². The molecule has 39 heavy (non-hydrogen) atoms. The lowest BCUT2D eigenvalue weighted by atomic mass is 9.33. The minimum Gasteiger partial charge on any atom is -0.373 e. The van der Waals surface area contributed by atoms with E-state index in [-0.39, 0.29) is 68.3 Å². The number of aliphatic hydroxyl groups is 1. The number of primary amides is 1. The Hall–Kier alpha value is -1.69. The number of ketones is 1. The largest absolute Gasteiger partial charge is 0.373 e. The van der Waals surface area contributed by atoms with E-state index in [0.29, 0.717) is 0 Å². The highest BCUT2D eigenvalue weighted by molar-refractivity contribution is 5.95. The summed E-state index contributed by atoms with van der Waals surface area (Å²) in [6, 6.07) is 0. The first kappa shape index (κ1) is 28.8. The molecule has 0 bridgehead atoms. The quantitative estimate of drug-likeness (QED) is 0.409. The van der Waals surface area contributed by atoms with Gasteiger partial charge in [0.25, 0.3) is 0 Å². The normalized spacial score (nSPS) is 49.4. The molecular weight excluding hydrogens is 488 g/mol. The average molecular weight is 541 g/mol. The molecule has 0 saturated heterocycles. The van der Waals surface area contributed by atoms with Crippen LogP contribution in [0.3, 0.4) is 0 Å². The third-order valence-electron chi connectivity index (χ3n) is 14.0. The van der Waals surface area contributed by atoms with Crippen molar-refractivity contribution >= 4 is 17.6 Å². The Morgan fingerprint density at radius 2 is 1.62 bits per heavy atom. The third-order valence-corrected chi connectivity index (χ3v) is 14.0. The topological polar surface area (TPSA) is 109 Å². The first-order valence-electron chi connectivity index (χ1n) is 15.4. The maximum absolute atomic E-state index is 14.5. The molecule has 0 aromatic carbocycles. The van der Waals surface area contributed by atoms with Crippen LogP contribution in [0.1, 0.15) is 113 Å². The molecule has 0 radical (unpaired) electrons. The molecule has 5 aliphatic carbocycles. The van der Waals surface area contributed by atoms with Crippen molar-refractivity contribution in [1.82, 2.24) is 5.32 Å². The number of carbonyl (C=O) groups is 3. The SMILES string of the molecule is CC(=O)NC(O)[C@@H]1CC[C@@]2(C)C(CC[C@]3(C)[C@@H]2C(=O)C=C2[C@@H]4C[C@@](C)(C(N)=O)CC[C@]4(C)CC[C@]23C)C1(C)C. The van der Waals surface area contributed by atoms with Gasteiger partial charge in [0.15, 0.2) is 5.78 Å². The molecule has 0 aliphatic heterocycles. The van der Waals surface area contributed by atoms with Crippen LogP contribution >= 0.6 is 0 Å². The summed E-state index contributed by atoms with van der Waals surface area (Å²) in [5, 5.41) is 13.7. The van der Waals surface area contributed by atoms with Crippen molar-refractivity contribution in [3.8, 4) is 0 Å². The van der Waals surface area contributed by atoms with E-state index < -0.39 is 11.6 Å². The first-order valence-corrected chi connectivity index (χ1v) is 15.4. The molecule has 4 saturated carbocycles. The van der Waals surface area contributed by atoms with E-state index in [2.05, 4.69) is 46.9 Å². The van der Waals surface area contributed by atoms with E-state index in [1.807, 2.05) is 13.0 Å². The number of nitrogens with one attached hydrogen (secondary N) is 1. The van der Waals surface area contributed by atoms with Gasteiger partial charge in [-0.25, -0.2) is 0 Å². The highest BCUT2D eigenvalue weighted by atomic mass is 16.3. The second-order valence-electron chi connectivity index (χ2n) is 16.2. The van der Waals surface area contributed by atoms with E-state index in [1.165, 1.54) is 12.5 Å². The Kier molecular flexibility index (Phi) is 6.40. The van der Waals surface area contributed by atoms with Gasteiger partial charge in [0.1, 0.15) is 6.23 Å². The van der Waals surface area contributed by atoms with Crippen molar-refractivity contribution < 1.29 is 19.5 Å². The van der Waals surface area contributed by atoms with Crippen LogP contribution in [0.25, 0.3) is 0 Å². The van der Waals surface area contributed by atoms with Crippen LogP contribution < -0.4 is 11.1 Å². The molecule has 5 aliphatic rings. The Morgan fingerprint density at radius 3 is 2.23 bits per heavy atom. The number of amides is 2. The van der Waals surface area contributed by atoms with Crippen LogP contribution in [0.5, 0.6) is 0 Å². The van der Waals surface area contributed by atoms with Crippen LogP contribution in [0.4, 0.5) is 0 Å². The van der Waals surface area contributed by atoms with Gasteiger partial charge in [-0.3, -0.25) is 14.4 Å². The van der Waals surface area contributed by atoms with Crippen molar-refractivity contribution in [1.29, 1.82) is 0 Å². The molecule has 2 unspecified atom stereocenters. The van der Waals surface area contributed by atoms with Gasteiger partial charge in [0.2, 0.25) is 11.8 Å². The number of hydrogen-bond acceptors (Lipinski definition) is 4. The Bertz CT molecular complexity index is 1130. The molecular formula is C33H52N2O4. The Labute approximate surface area is 235 Å². The van der Waals surface area contributed by atoms with Gasteiger partial charge >= 0.3 is 0 Å². The van der Waals surface area contributed by atoms with E-state index in [1.54, 1.807) is 0 Å². The predicted molar refractivity (Wildman–Crippen MR) is 152 cm³/mol. The summed E-state index contributed by atoms with van der Waals surface area (Å²) in [7, 11) is 0. The summed E-state index contributed by atoms with van der Waals surface area (Å²) in [5.41, 5.74) is 6.14. The molecule has 5 rings (SSSR count). The molecule has 0 aromatic heterocycles. The zero-order valence-corrected chi connectivity index (χ0v) is 25.6. The van der Waals surface area contributed by atoms with Crippen LogP contribution in [0.15, 0.2) is 11.6 Å². The molecule has 6 nitrogen and oxygen atoms in total. The van der Waals surface area contributed by atoms with Crippen molar-refractivity contribution in [2.75, 3.05) is 0 Å². The minimum absolute atomic E-state index is 0.0479. The lowest BCUT2D eigenvalue weighted by molar-refractivity contribution is -0.202. The van der Waals surface area contributed by atoms with Gasteiger partial charge in [0, 0.05) is 24.2 Å². The lowest BCUT2D eigenvalue weighted by Gasteiger charge is -2.71. The Balaban J connectivity index is 1.55. The number of allylic oxidation sites excluding steroid dienone is 2. The Morgan fingerprint density at radius 1 is 0.974 bits per heavy atom. The molecule has 4 N–H and O–H groups in total. The molecule has 218 valence electrons. The summed E-state index contributed by atoms with van der Waals surface area (Å²) < 4.78 is 0. The summed E-state index contributed by atoms with van der Waals surface area (Å²) in [4.78, 5) is 38.7. The van der Waals surface area contributed by atoms with Crippen molar-refractivity contribution in [3.63, 3.8) is 0 Å². The summed E-state index contributed by atoms with van der Waals surface area (Å²) in [6.45, 7) is 17.5. The van der Waals surface area contributed by atoms with E-state index in [0.717, 1.165) is 57.8 Å². The van der Waals surface area contributed by atoms with Gasteiger partial charge in [-0.1, -0.05) is 54.0 Å². The number of fused-ring (bicyclic) bond motifs is 7. The van der Waals surface area contributed by atoms with Crippen LogP contribution in [-0.4, -0.2) is 28.9 Å². The zero-order chi connectivity index (χ0) is 29.0. The zero-order valence-electron chi connectivity index (χ0n) is 25.6. The maximum Gasteiger partial charge on any atom is 0.223 e. The molecule has 4 fully saturated rings. The smallest absolute Gasteiger partial charge is 0.223 e. The maximum atomic E-state index is 14.5. The summed E-state index contributed by atoms with van der Waals surface area (Å²) in [6.07, 6.45) is 9.55. The number of hydrogen-bond donors (Lipinski definition) is 3. The summed E-state index contributed by atoms with van der Waals surface area (Å²) in [5.74, 6) is 0.195. The van der Waals surface area contributed by atoms with Crippen molar-refractivity contribution in [2.45, 2.75) is 119 Å². The van der Waals surface area contributed by atoms with Crippen molar-refractivity contribution in [3.05, 3.63) is 11.6 Å². The van der Waals surface area contributed by atoms with Crippen molar-refractivity contribution in [2.24, 2.45) is 61.9 Å². The molecule has 6 heteroatoms. The molecule has 0 heterocycles. The van der Waals surface area contributed by atoms with Gasteiger partial charge in [-0.05, 0) is 103 Å². The van der Waals surface area contributed by atoms with Gasteiger partial charge in [0.05, 0.1) is 0 Å². The molecule has 0 aromatic rings. The fourth-order valence-electron chi connectivity index (χ4n) is 11.3. The number of rotatable bonds is 3. The first-order chi connectivity index (χ1) is 17.9. The fourth-order valence-corrected chi connectivity index (χ4v) is 11.3. The second-order valence-corrected chi connectivity index (χ2v) is 16.2. The van der Waals surface area contributed by atoms with Gasteiger partial charge < -0.3 is 16.2 Å². The van der Waals surface area contributed by atoms with Gasteiger partial charge in [-0.15, -0.1) is 0 Å². The monoisotopic (exact) mass is 540 g/mol. The molecule has 2 amide bonds. The number of aliphatic hydroxyl groups excluding tert-OH is 1. The van der Waals surface area contributed by atoms with E-state index >= 15 is 0 Å². The minimum atomic E-state index is -0.872. The molecule has 10 atom stereocenters. The number of nitrogens with two attached hydrogens (primary N) is 1. The summed E-state index contributed by atoms with van der Waals surface area (Å²) >= 11 is 0. The standard InChI is InChI=1S/C33H52N2O4/c1-19(36)35-26(38)20-9-11-31(6)24(28(20,2)3)10-12-33(8)25(31)23(37)17-21-22-18-30(5,27(34)39)14-13-29(22,4)15-16-32(21,33)7/h17,20,22,24-26,38H,9-16,18H2,1-8H3,(H2,34,39)(H,35,36)/t20-,22-,24?,25+,26?,29+,30-,31-,32+,33+/m0/s1. The fraction of sp³-hybridized carbons (Fsp3) is 0.848. The van der Waals surface area contributed by atoms with Crippen LogP contribution in [0.2, 0.25) is 0 Å². The predicted octanol–water partition coefficient (Wildman–Crippen LogP) is 5.52. The lowest BCUT2D eigenvalue weighted by Crippen LogP contribution is -2.67. The number of carbonyl (C=O) groups excluding carboxylic acids is 3. The second kappa shape index (κ2) is 8.66. The van der Waals surface area contributed by atoms with E-state index in [9.17, 15) is 19.5 Å². The van der Waals surface area contributed by atoms with Gasteiger partial charge in [-0.2, -0.15) is 0 Å². The third kappa shape index (κ3) is 3.78. The highest BCUT2D eigenvalue weighted by Gasteiger charge is 2.70. The highest BCUT2D eigenvalue weighted by Crippen LogP contribution is 2.75. The van der Waals surface area contributed by atoms with Crippen LogP contribution in [0, 0.1) is 56.2 Å².